The largest absolute Gasteiger partial charge is 0.480 e. The molecule has 0 saturated carbocycles. The second-order valence-corrected chi connectivity index (χ2v) is 5.48. The Balaban J connectivity index is 2.34. The molecule has 0 heterocycles. The van der Waals surface area contributed by atoms with Crippen LogP contribution in [0.25, 0.3) is 0 Å². The maximum Gasteiger partial charge on any atom is 0.326 e. The predicted octanol–water partition coefficient (Wildman–Crippen LogP) is -0.169. The quantitative estimate of drug-likeness (QED) is 0.437. The van der Waals surface area contributed by atoms with E-state index in [-0.39, 0.29) is 37.6 Å². The molecule has 0 fully saturated rings. The van der Waals surface area contributed by atoms with E-state index in [4.69, 9.17) is 0 Å². The molecule has 0 aromatic heterocycles. The van der Waals surface area contributed by atoms with E-state index in [0.717, 1.165) is 5.56 Å². The molecule has 0 aliphatic carbocycles. The molecule has 1 aromatic rings. The molecule has 1 aromatic carbocycles. The van der Waals surface area contributed by atoms with Crippen molar-refractivity contribution in [1.82, 2.24) is 16.0 Å². The molecule has 1 rings (SSSR count). The van der Waals surface area contributed by atoms with Gasteiger partial charge in [0.15, 0.2) is 0 Å². The van der Waals surface area contributed by atoms with E-state index in [1.807, 2.05) is 6.07 Å². The topological polar surface area (TPSA) is 125 Å². The number of hydrogen-bond donors (Lipinski definition) is 4. The van der Waals surface area contributed by atoms with Crippen LogP contribution < -0.4 is 16.0 Å². The second-order valence-electron chi connectivity index (χ2n) is 5.48. The maximum absolute atomic E-state index is 11.9. The Kier molecular flexibility index (Phi) is 8.70. The van der Waals surface area contributed by atoms with Gasteiger partial charge in [-0.15, -0.1) is 0 Å². The lowest BCUT2D eigenvalue weighted by molar-refractivity contribution is -0.141. The molecule has 0 spiro atoms. The van der Waals surface area contributed by atoms with Crippen molar-refractivity contribution < 1.29 is 24.3 Å². The van der Waals surface area contributed by atoms with Crippen LogP contribution in [-0.2, 0) is 25.6 Å². The van der Waals surface area contributed by atoms with Gasteiger partial charge in [0.1, 0.15) is 6.04 Å². The van der Waals surface area contributed by atoms with Crippen LogP contribution in [0.15, 0.2) is 30.3 Å². The molecule has 0 saturated heterocycles. The summed E-state index contributed by atoms with van der Waals surface area (Å²) in [5.41, 5.74) is 0.797. The van der Waals surface area contributed by atoms with E-state index in [0.29, 0.717) is 6.54 Å². The van der Waals surface area contributed by atoms with E-state index in [1.54, 1.807) is 24.3 Å². The highest BCUT2D eigenvalue weighted by molar-refractivity contribution is 5.87. The van der Waals surface area contributed by atoms with Gasteiger partial charge in [-0.1, -0.05) is 30.3 Å². The van der Waals surface area contributed by atoms with Crippen molar-refractivity contribution in [3.05, 3.63) is 35.9 Å². The van der Waals surface area contributed by atoms with Gasteiger partial charge in [-0.05, 0) is 5.56 Å². The van der Waals surface area contributed by atoms with Crippen molar-refractivity contribution >= 4 is 23.7 Å². The third kappa shape index (κ3) is 9.09. The van der Waals surface area contributed by atoms with Gasteiger partial charge in [0, 0.05) is 39.3 Å². The molecule has 0 aliphatic heterocycles. The zero-order chi connectivity index (χ0) is 18.7. The van der Waals surface area contributed by atoms with Gasteiger partial charge in [0.05, 0.1) is 0 Å². The number of carboxylic acids is 1. The molecule has 8 heteroatoms. The minimum atomic E-state index is -1.13. The number of aliphatic carboxylic acids is 1. The highest BCUT2D eigenvalue weighted by atomic mass is 16.4. The first-order valence-electron chi connectivity index (χ1n) is 7.95. The van der Waals surface area contributed by atoms with E-state index >= 15 is 0 Å². The fourth-order valence-electron chi connectivity index (χ4n) is 2.07. The zero-order valence-corrected chi connectivity index (χ0v) is 14.1. The first-order chi connectivity index (χ1) is 11.9. The summed E-state index contributed by atoms with van der Waals surface area (Å²) in [5.74, 6) is -2.15. The highest BCUT2D eigenvalue weighted by Crippen LogP contribution is 2.04. The Bertz CT molecular complexity index is 604. The summed E-state index contributed by atoms with van der Waals surface area (Å²) in [7, 11) is 0. The Hall–Kier alpha value is -2.90. The molecule has 3 amide bonds. The van der Waals surface area contributed by atoms with Crippen molar-refractivity contribution in [2.24, 2.45) is 0 Å². The summed E-state index contributed by atoms with van der Waals surface area (Å²) < 4.78 is 0. The first kappa shape index (κ1) is 20.1. The molecule has 0 radical (unpaired) electrons. The molecule has 8 nitrogen and oxygen atoms in total. The van der Waals surface area contributed by atoms with Crippen LogP contribution in [0.3, 0.4) is 0 Å². The van der Waals surface area contributed by atoms with Gasteiger partial charge in [0.2, 0.25) is 17.7 Å². The van der Waals surface area contributed by atoms with Crippen LogP contribution in [-0.4, -0.2) is 47.9 Å². The van der Waals surface area contributed by atoms with Crippen molar-refractivity contribution in [3.63, 3.8) is 0 Å². The minimum absolute atomic E-state index is 0.0520. The molecule has 0 bridgehead atoms. The van der Waals surface area contributed by atoms with Gasteiger partial charge in [-0.3, -0.25) is 14.4 Å². The van der Waals surface area contributed by atoms with Crippen molar-refractivity contribution in [2.75, 3.05) is 13.1 Å². The summed E-state index contributed by atoms with van der Waals surface area (Å²) >= 11 is 0. The van der Waals surface area contributed by atoms with Crippen LogP contribution in [0.1, 0.15) is 25.3 Å². The second kappa shape index (κ2) is 10.8. The highest BCUT2D eigenvalue weighted by Gasteiger charge is 2.20. The smallest absolute Gasteiger partial charge is 0.326 e. The van der Waals surface area contributed by atoms with Crippen LogP contribution in [0.2, 0.25) is 0 Å². The number of amides is 3. The van der Waals surface area contributed by atoms with Crippen LogP contribution in [0, 0.1) is 0 Å². The van der Waals surface area contributed by atoms with Gasteiger partial charge >= 0.3 is 5.97 Å². The summed E-state index contributed by atoms with van der Waals surface area (Å²) in [6.45, 7) is 1.96. The standard InChI is InChI=1S/C17H23N3O5/c1-12(21)18-9-10-19-15(22)7-8-16(23)20-14(17(24)25)11-13-5-3-2-4-6-13/h2-6,14H,7-11H2,1H3,(H,18,21)(H,19,22)(H,20,23)(H,24,25)/t14-/m1/s1. The molecule has 0 aliphatic rings. The van der Waals surface area contributed by atoms with E-state index in [1.165, 1.54) is 6.92 Å². The fraction of sp³-hybridized carbons (Fsp3) is 0.412. The Morgan fingerprint density at radius 1 is 0.960 bits per heavy atom. The Morgan fingerprint density at radius 2 is 1.56 bits per heavy atom. The third-order valence-corrected chi connectivity index (χ3v) is 3.32. The monoisotopic (exact) mass is 349 g/mol. The van der Waals surface area contributed by atoms with Crippen molar-refractivity contribution in [2.45, 2.75) is 32.2 Å². The molecule has 0 unspecified atom stereocenters. The number of carboxylic acid groups (broad SMARTS) is 1. The van der Waals surface area contributed by atoms with Crippen LogP contribution >= 0.6 is 0 Å². The fourth-order valence-corrected chi connectivity index (χ4v) is 2.07. The minimum Gasteiger partial charge on any atom is -0.480 e. The average Bonchev–Trinajstić information content (AvgIpc) is 2.57. The van der Waals surface area contributed by atoms with Crippen molar-refractivity contribution in [1.29, 1.82) is 0 Å². The maximum atomic E-state index is 11.9. The molecule has 136 valence electrons. The predicted molar refractivity (Wildman–Crippen MR) is 90.6 cm³/mol. The summed E-state index contributed by atoms with van der Waals surface area (Å²) in [4.78, 5) is 45.4. The Labute approximate surface area is 146 Å². The summed E-state index contributed by atoms with van der Waals surface area (Å²) in [5, 5.41) is 16.7. The number of nitrogens with one attached hydrogen (secondary N) is 3. The van der Waals surface area contributed by atoms with Gasteiger partial charge in [0.25, 0.3) is 0 Å². The summed E-state index contributed by atoms with van der Waals surface area (Å²) in [6.07, 6.45) is 0.0128. The van der Waals surface area contributed by atoms with Crippen LogP contribution in [0.4, 0.5) is 0 Å². The number of carbonyl (C=O) groups excluding carboxylic acids is 3. The number of benzene rings is 1. The van der Waals surface area contributed by atoms with E-state index in [2.05, 4.69) is 16.0 Å². The number of carbonyl (C=O) groups is 4. The normalized spacial score (nSPS) is 11.2. The summed E-state index contributed by atoms with van der Waals surface area (Å²) in [6, 6.07) is 7.93. The molecule has 4 N–H and O–H groups in total. The van der Waals surface area contributed by atoms with E-state index in [9.17, 15) is 24.3 Å². The number of rotatable bonds is 10. The van der Waals surface area contributed by atoms with Gasteiger partial charge in [-0.2, -0.15) is 0 Å². The lowest BCUT2D eigenvalue weighted by Crippen LogP contribution is -2.42. The molecular weight excluding hydrogens is 326 g/mol. The van der Waals surface area contributed by atoms with Gasteiger partial charge < -0.3 is 21.1 Å². The van der Waals surface area contributed by atoms with Crippen LogP contribution in [0.5, 0.6) is 0 Å². The molecule has 25 heavy (non-hydrogen) atoms. The average molecular weight is 349 g/mol. The Morgan fingerprint density at radius 3 is 2.16 bits per heavy atom. The van der Waals surface area contributed by atoms with Crippen molar-refractivity contribution in [3.8, 4) is 0 Å². The zero-order valence-electron chi connectivity index (χ0n) is 14.1. The molecule has 1 atom stereocenters. The third-order valence-electron chi connectivity index (χ3n) is 3.32. The first-order valence-corrected chi connectivity index (χ1v) is 7.95. The lowest BCUT2D eigenvalue weighted by Gasteiger charge is -2.14. The number of hydrogen-bond acceptors (Lipinski definition) is 4. The molecular formula is C17H23N3O5. The van der Waals surface area contributed by atoms with Gasteiger partial charge in [-0.25, -0.2) is 4.79 Å². The van der Waals surface area contributed by atoms with E-state index < -0.39 is 17.9 Å². The SMILES string of the molecule is CC(=O)NCCNC(=O)CCC(=O)N[C@H](Cc1ccccc1)C(=O)O. The lowest BCUT2D eigenvalue weighted by atomic mass is 10.1.